The Morgan fingerprint density at radius 3 is 2.00 bits per heavy atom. The molecule has 1 aromatic rings. The highest BCUT2D eigenvalue weighted by Crippen LogP contribution is 2.44. The Morgan fingerprint density at radius 1 is 0.862 bits per heavy atom. The van der Waals surface area contributed by atoms with E-state index in [0.717, 1.165) is 36.7 Å². The van der Waals surface area contributed by atoms with Crippen molar-refractivity contribution in [1.29, 1.82) is 0 Å². The molecule has 3 rings (SSSR count). The molecule has 1 aromatic carbocycles. The van der Waals surface area contributed by atoms with E-state index in [0.29, 0.717) is 18.3 Å². The van der Waals surface area contributed by atoms with Crippen molar-refractivity contribution in [3.05, 3.63) is 42.0 Å². The van der Waals surface area contributed by atoms with Crippen LogP contribution in [0.2, 0.25) is 0 Å². The first kappa shape index (κ1) is 22.2. The standard InChI is InChI=1S/C24H32F4O/c25-17-3-1-2-4-18-5-7-19(8-6-18)20-9-11-21(12-10-20)22-13-15-23(16-14-22)29-24(26,27)28/h2,4,13-16,18-21H,1,3,5-12,17H2/b4-2+. The molecule has 29 heavy (non-hydrogen) atoms. The quantitative estimate of drug-likeness (QED) is 0.251. The number of ether oxygens (including phenoxy) is 1. The Labute approximate surface area is 171 Å². The summed E-state index contributed by atoms with van der Waals surface area (Å²) in [4.78, 5) is 0. The van der Waals surface area contributed by atoms with Crippen molar-refractivity contribution < 1.29 is 22.3 Å². The van der Waals surface area contributed by atoms with Crippen molar-refractivity contribution in [2.75, 3.05) is 6.67 Å². The van der Waals surface area contributed by atoms with Gasteiger partial charge in [0, 0.05) is 0 Å². The third-order valence-electron chi connectivity index (χ3n) is 6.75. The molecule has 162 valence electrons. The second kappa shape index (κ2) is 10.5. The Kier molecular flexibility index (Phi) is 8.02. The summed E-state index contributed by atoms with van der Waals surface area (Å²) < 4.78 is 53.0. The molecule has 1 nitrogen and oxygen atoms in total. The molecular weight excluding hydrogens is 380 g/mol. The largest absolute Gasteiger partial charge is 0.573 e. The van der Waals surface area contributed by atoms with E-state index in [1.54, 1.807) is 12.1 Å². The molecule has 2 aliphatic carbocycles. The summed E-state index contributed by atoms with van der Waals surface area (Å²) in [6.45, 7) is -0.231. The molecule has 0 heterocycles. The minimum atomic E-state index is -4.64. The van der Waals surface area contributed by atoms with E-state index in [-0.39, 0.29) is 12.4 Å². The van der Waals surface area contributed by atoms with Crippen LogP contribution in [0.4, 0.5) is 17.6 Å². The lowest BCUT2D eigenvalue weighted by molar-refractivity contribution is -0.274. The summed E-state index contributed by atoms with van der Waals surface area (Å²) in [7, 11) is 0. The summed E-state index contributed by atoms with van der Waals surface area (Å²) in [6.07, 6.45) is 11.0. The monoisotopic (exact) mass is 412 g/mol. The molecule has 0 aromatic heterocycles. The van der Waals surface area contributed by atoms with Gasteiger partial charge in [0.2, 0.25) is 0 Å². The van der Waals surface area contributed by atoms with Crippen LogP contribution in [0.3, 0.4) is 0 Å². The lowest BCUT2D eigenvalue weighted by Gasteiger charge is -2.37. The number of allylic oxidation sites excluding steroid dienone is 2. The minimum Gasteiger partial charge on any atom is -0.406 e. The Hall–Kier alpha value is -1.52. The lowest BCUT2D eigenvalue weighted by Crippen LogP contribution is -2.25. The first-order chi connectivity index (χ1) is 13.9. The predicted molar refractivity (Wildman–Crippen MR) is 108 cm³/mol. The average Bonchev–Trinajstić information content (AvgIpc) is 2.71. The number of hydrogen-bond donors (Lipinski definition) is 0. The van der Waals surface area contributed by atoms with E-state index in [4.69, 9.17) is 0 Å². The van der Waals surface area contributed by atoms with Gasteiger partial charge in [0.25, 0.3) is 0 Å². The molecule has 0 atom stereocenters. The van der Waals surface area contributed by atoms with Gasteiger partial charge in [0.15, 0.2) is 0 Å². The van der Waals surface area contributed by atoms with E-state index >= 15 is 0 Å². The van der Waals surface area contributed by atoms with Gasteiger partial charge in [-0.15, -0.1) is 13.2 Å². The van der Waals surface area contributed by atoms with E-state index in [2.05, 4.69) is 16.9 Å². The summed E-state index contributed by atoms with van der Waals surface area (Å²) in [5, 5.41) is 0. The fourth-order valence-electron chi connectivity index (χ4n) is 5.16. The highest BCUT2D eigenvalue weighted by Gasteiger charge is 2.32. The van der Waals surface area contributed by atoms with Crippen molar-refractivity contribution in [3.63, 3.8) is 0 Å². The fraction of sp³-hybridized carbons (Fsp3) is 0.667. The normalized spacial score (nSPS) is 28.6. The van der Waals surface area contributed by atoms with Crippen LogP contribution in [-0.2, 0) is 0 Å². The van der Waals surface area contributed by atoms with E-state index < -0.39 is 6.36 Å². The van der Waals surface area contributed by atoms with Gasteiger partial charge in [0.05, 0.1) is 6.67 Å². The molecule has 0 aliphatic heterocycles. The number of hydrogen-bond acceptors (Lipinski definition) is 1. The number of halogens is 4. The summed E-state index contributed by atoms with van der Waals surface area (Å²) in [5.74, 6) is 2.57. The number of unbranched alkanes of at least 4 members (excludes halogenated alkanes) is 1. The van der Waals surface area contributed by atoms with Crippen molar-refractivity contribution in [2.45, 2.75) is 76.5 Å². The zero-order valence-electron chi connectivity index (χ0n) is 17.0. The summed E-state index contributed by atoms with van der Waals surface area (Å²) in [5.41, 5.74) is 1.13. The number of rotatable bonds is 7. The Morgan fingerprint density at radius 2 is 1.45 bits per heavy atom. The summed E-state index contributed by atoms with van der Waals surface area (Å²) >= 11 is 0. The SMILES string of the molecule is FCCC/C=C/C1CCC(C2CCC(c3ccc(OC(F)(F)F)cc3)CC2)CC1. The zero-order valence-corrected chi connectivity index (χ0v) is 17.0. The molecule has 0 radical (unpaired) electrons. The first-order valence-electron chi connectivity index (χ1n) is 11.0. The van der Waals surface area contributed by atoms with Crippen LogP contribution in [-0.4, -0.2) is 13.0 Å². The second-order valence-corrected chi connectivity index (χ2v) is 8.66. The highest BCUT2D eigenvalue weighted by molar-refractivity contribution is 5.29. The Balaban J connectivity index is 1.41. The third kappa shape index (κ3) is 7.04. The van der Waals surface area contributed by atoms with Crippen LogP contribution in [0.1, 0.15) is 75.7 Å². The maximum absolute atomic E-state index is 12.3. The average molecular weight is 413 g/mol. The Bertz CT molecular complexity index is 621. The molecule has 5 heteroatoms. The van der Waals surface area contributed by atoms with Crippen LogP contribution < -0.4 is 4.74 Å². The smallest absolute Gasteiger partial charge is 0.406 e. The number of alkyl halides is 4. The van der Waals surface area contributed by atoms with Gasteiger partial charge in [-0.2, -0.15) is 0 Å². The van der Waals surface area contributed by atoms with Crippen LogP contribution in [0, 0.1) is 17.8 Å². The fourth-order valence-corrected chi connectivity index (χ4v) is 5.16. The van der Waals surface area contributed by atoms with Crippen molar-refractivity contribution >= 4 is 0 Å². The van der Waals surface area contributed by atoms with Gasteiger partial charge in [0.1, 0.15) is 5.75 Å². The first-order valence-corrected chi connectivity index (χ1v) is 11.0. The third-order valence-corrected chi connectivity index (χ3v) is 6.75. The van der Waals surface area contributed by atoms with Gasteiger partial charge < -0.3 is 4.74 Å². The molecule has 2 fully saturated rings. The van der Waals surface area contributed by atoms with Crippen LogP contribution >= 0.6 is 0 Å². The van der Waals surface area contributed by atoms with Gasteiger partial charge in [-0.25, -0.2) is 0 Å². The molecule has 0 spiro atoms. The van der Waals surface area contributed by atoms with E-state index in [1.165, 1.54) is 50.7 Å². The summed E-state index contributed by atoms with van der Waals surface area (Å²) in [6, 6.07) is 6.42. The van der Waals surface area contributed by atoms with Gasteiger partial charge in [-0.3, -0.25) is 4.39 Å². The molecule has 2 aliphatic rings. The predicted octanol–water partition coefficient (Wildman–Crippen LogP) is 7.97. The highest BCUT2D eigenvalue weighted by atomic mass is 19.4. The number of benzene rings is 1. The van der Waals surface area contributed by atoms with E-state index in [1.807, 2.05) is 0 Å². The topological polar surface area (TPSA) is 9.23 Å². The van der Waals surface area contributed by atoms with Gasteiger partial charge >= 0.3 is 6.36 Å². The van der Waals surface area contributed by atoms with Crippen molar-refractivity contribution in [2.24, 2.45) is 17.8 Å². The molecular formula is C24H32F4O. The molecule has 0 bridgehead atoms. The lowest BCUT2D eigenvalue weighted by atomic mass is 9.68. The van der Waals surface area contributed by atoms with Gasteiger partial charge in [-0.05, 0) is 106 Å². The molecule has 2 saturated carbocycles. The van der Waals surface area contributed by atoms with Crippen LogP contribution in [0.5, 0.6) is 5.75 Å². The molecule has 0 N–H and O–H groups in total. The second-order valence-electron chi connectivity index (χ2n) is 8.66. The maximum Gasteiger partial charge on any atom is 0.573 e. The van der Waals surface area contributed by atoms with Crippen molar-refractivity contribution in [1.82, 2.24) is 0 Å². The molecule has 0 saturated heterocycles. The molecule has 0 unspecified atom stereocenters. The van der Waals surface area contributed by atoms with E-state index in [9.17, 15) is 17.6 Å². The maximum atomic E-state index is 12.3. The van der Waals surface area contributed by atoms with Crippen LogP contribution in [0.25, 0.3) is 0 Å². The molecule has 0 amide bonds. The van der Waals surface area contributed by atoms with Gasteiger partial charge in [-0.1, -0.05) is 24.3 Å². The van der Waals surface area contributed by atoms with Crippen molar-refractivity contribution in [3.8, 4) is 5.75 Å². The zero-order chi connectivity index (χ0) is 20.7. The van der Waals surface area contributed by atoms with Crippen LogP contribution in [0.15, 0.2) is 36.4 Å². The minimum absolute atomic E-state index is 0.148.